The fourth-order valence-corrected chi connectivity index (χ4v) is 5.27. The third-order valence-corrected chi connectivity index (χ3v) is 7.14. The Morgan fingerprint density at radius 3 is 2.70 bits per heavy atom. The maximum Gasteiger partial charge on any atom is 0.356 e. The minimum Gasteiger partial charge on any atom is -0.492 e. The average Bonchev–Trinajstić information content (AvgIpc) is 3.46. The molecule has 8 nitrogen and oxygen atoms in total. The molecule has 1 saturated heterocycles. The summed E-state index contributed by atoms with van der Waals surface area (Å²) in [6.07, 6.45) is 3.98. The Kier molecular flexibility index (Phi) is 6.56. The molecule has 1 amide bonds. The molecule has 2 fully saturated rings. The number of ether oxygens (including phenoxy) is 2. The number of amides is 1. The predicted octanol–water partition coefficient (Wildman–Crippen LogP) is 4.81. The van der Waals surface area contributed by atoms with Crippen molar-refractivity contribution in [2.24, 2.45) is 17.3 Å². The summed E-state index contributed by atoms with van der Waals surface area (Å²) < 4.78 is 13.3. The van der Waals surface area contributed by atoms with E-state index in [2.05, 4.69) is 25.9 Å². The smallest absolute Gasteiger partial charge is 0.356 e. The highest BCUT2D eigenvalue weighted by atomic mass is 35.5. The van der Waals surface area contributed by atoms with Gasteiger partial charge in [0.1, 0.15) is 16.5 Å². The molecule has 2 aliphatic rings. The number of nitrogens with zero attached hydrogens (tertiary/aromatic N) is 3. The maximum absolute atomic E-state index is 12.9. The molecule has 1 aromatic carbocycles. The first kappa shape index (κ1) is 23.4. The van der Waals surface area contributed by atoms with Gasteiger partial charge in [0.25, 0.3) is 0 Å². The van der Waals surface area contributed by atoms with Gasteiger partial charge in [0.05, 0.1) is 12.7 Å². The Morgan fingerprint density at radius 1 is 1.30 bits per heavy atom. The SMILES string of the molecule is CC[C@]12C[C@H](Oc3cccc(OCC(C)C)c3Cl)C[C@H]1CN(C(=O)n1ccc(C(=O)O)n1)C2. The molecule has 33 heavy (non-hydrogen) atoms. The minimum absolute atomic E-state index is 0.00775. The number of hydrogen-bond donors (Lipinski definition) is 1. The first-order valence-corrected chi connectivity index (χ1v) is 11.8. The van der Waals surface area contributed by atoms with Gasteiger partial charge in [-0.15, -0.1) is 0 Å². The number of hydrogen-bond acceptors (Lipinski definition) is 5. The molecule has 1 aliphatic carbocycles. The molecule has 0 radical (unpaired) electrons. The van der Waals surface area contributed by atoms with Gasteiger partial charge in [-0.3, -0.25) is 0 Å². The number of benzene rings is 1. The van der Waals surface area contributed by atoms with Crippen molar-refractivity contribution in [1.82, 2.24) is 14.7 Å². The zero-order chi connectivity index (χ0) is 23.8. The molecule has 0 spiro atoms. The lowest BCUT2D eigenvalue weighted by Gasteiger charge is -2.27. The topological polar surface area (TPSA) is 93.9 Å². The predicted molar refractivity (Wildman–Crippen MR) is 123 cm³/mol. The van der Waals surface area contributed by atoms with Gasteiger partial charge in [-0.1, -0.05) is 38.4 Å². The lowest BCUT2D eigenvalue weighted by Crippen LogP contribution is -2.36. The summed E-state index contributed by atoms with van der Waals surface area (Å²) in [5.74, 6) is 0.794. The van der Waals surface area contributed by atoms with E-state index in [0.29, 0.717) is 48.1 Å². The summed E-state index contributed by atoms with van der Waals surface area (Å²) in [6, 6.07) is 6.64. The Labute approximate surface area is 198 Å². The molecular formula is C24H30ClN3O5. The molecule has 178 valence electrons. The monoisotopic (exact) mass is 475 g/mol. The largest absolute Gasteiger partial charge is 0.492 e. The van der Waals surface area contributed by atoms with Gasteiger partial charge in [-0.05, 0) is 54.7 Å². The van der Waals surface area contributed by atoms with E-state index >= 15 is 0 Å². The highest BCUT2D eigenvalue weighted by Gasteiger charge is 2.53. The molecule has 4 rings (SSSR count). The molecular weight excluding hydrogens is 446 g/mol. The van der Waals surface area contributed by atoms with E-state index in [1.165, 1.54) is 12.3 Å². The molecule has 0 unspecified atom stereocenters. The van der Waals surface area contributed by atoms with Crippen LogP contribution >= 0.6 is 11.6 Å². The fourth-order valence-electron chi connectivity index (χ4n) is 5.04. The van der Waals surface area contributed by atoms with E-state index < -0.39 is 5.97 Å². The second kappa shape index (κ2) is 9.25. The summed E-state index contributed by atoms with van der Waals surface area (Å²) >= 11 is 6.56. The molecule has 1 N–H and O–H groups in total. The molecule has 1 aliphatic heterocycles. The van der Waals surface area contributed by atoms with Crippen LogP contribution in [0, 0.1) is 17.3 Å². The summed E-state index contributed by atoms with van der Waals surface area (Å²) in [5, 5.41) is 13.4. The van der Waals surface area contributed by atoms with Crippen LogP contribution in [0.25, 0.3) is 0 Å². The first-order chi connectivity index (χ1) is 15.7. The van der Waals surface area contributed by atoms with Crippen molar-refractivity contribution in [1.29, 1.82) is 0 Å². The average molecular weight is 476 g/mol. The quantitative estimate of drug-likeness (QED) is 0.617. The Morgan fingerprint density at radius 2 is 2.06 bits per heavy atom. The number of aromatic nitrogens is 2. The number of aromatic carboxylic acids is 1. The standard InChI is InChI=1S/C24H30ClN3O5/c1-4-24-11-17(33-20-7-5-6-19(21(20)25)32-13-15(2)3)10-16(24)12-27(14-24)23(31)28-9-8-18(26-28)22(29)30/h5-9,15-17H,4,10-14H2,1-3H3,(H,29,30)/t16-,17+,24+/m0/s1. The van der Waals surface area contributed by atoms with Crippen LogP contribution in [0.4, 0.5) is 4.79 Å². The zero-order valence-corrected chi connectivity index (χ0v) is 19.9. The van der Waals surface area contributed by atoms with Gasteiger partial charge in [-0.2, -0.15) is 9.78 Å². The molecule has 2 aromatic rings. The van der Waals surface area contributed by atoms with Crippen molar-refractivity contribution < 1.29 is 24.2 Å². The van der Waals surface area contributed by atoms with Gasteiger partial charge >= 0.3 is 12.0 Å². The Balaban J connectivity index is 1.42. The van der Waals surface area contributed by atoms with Crippen LogP contribution in [-0.2, 0) is 0 Å². The van der Waals surface area contributed by atoms with Crippen molar-refractivity contribution in [2.45, 2.75) is 46.1 Å². The third kappa shape index (κ3) is 4.67. The number of carboxylic acids is 1. The van der Waals surface area contributed by atoms with E-state index in [1.54, 1.807) is 4.90 Å². The van der Waals surface area contributed by atoms with Gasteiger partial charge < -0.3 is 19.5 Å². The van der Waals surface area contributed by atoms with Crippen LogP contribution in [0.15, 0.2) is 30.5 Å². The number of rotatable bonds is 7. The fraction of sp³-hybridized carbons (Fsp3) is 0.542. The first-order valence-electron chi connectivity index (χ1n) is 11.4. The third-order valence-electron chi connectivity index (χ3n) is 6.77. The van der Waals surface area contributed by atoms with Crippen LogP contribution in [0.1, 0.15) is 50.5 Å². The van der Waals surface area contributed by atoms with E-state index in [0.717, 1.165) is 23.9 Å². The molecule has 2 heterocycles. The van der Waals surface area contributed by atoms with Crippen molar-refractivity contribution >= 4 is 23.6 Å². The van der Waals surface area contributed by atoms with Crippen LogP contribution in [0.2, 0.25) is 5.02 Å². The van der Waals surface area contributed by atoms with E-state index in [-0.39, 0.29) is 23.2 Å². The number of halogens is 1. The van der Waals surface area contributed by atoms with Crippen LogP contribution < -0.4 is 9.47 Å². The van der Waals surface area contributed by atoms with Crippen LogP contribution in [0.5, 0.6) is 11.5 Å². The normalized spacial score (nSPS) is 24.2. The molecule has 1 aromatic heterocycles. The lowest BCUT2D eigenvalue weighted by molar-refractivity contribution is 0.0690. The van der Waals surface area contributed by atoms with E-state index in [9.17, 15) is 9.59 Å². The van der Waals surface area contributed by atoms with Gasteiger partial charge in [0, 0.05) is 19.3 Å². The second-order valence-electron chi connectivity index (χ2n) is 9.48. The minimum atomic E-state index is -1.15. The van der Waals surface area contributed by atoms with Crippen molar-refractivity contribution in [3.63, 3.8) is 0 Å². The summed E-state index contributed by atoms with van der Waals surface area (Å²) in [6.45, 7) is 8.09. The van der Waals surface area contributed by atoms with E-state index in [4.69, 9.17) is 26.2 Å². The molecule has 9 heteroatoms. The van der Waals surface area contributed by atoms with Gasteiger partial charge in [0.2, 0.25) is 0 Å². The molecule has 0 bridgehead atoms. The number of carboxylic acid groups (broad SMARTS) is 1. The lowest BCUT2D eigenvalue weighted by atomic mass is 9.78. The summed E-state index contributed by atoms with van der Waals surface area (Å²) in [4.78, 5) is 25.8. The number of likely N-dealkylation sites (tertiary alicyclic amines) is 1. The Hall–Kier alpha value is -2.74. The summed E-state index contributed by atoms with van der Waals surface area (Å²) in [7, 11) is 0. The van der Waals surface area contributed by atoms with Crippen molar-refractivity contribution in [3.05, 3.63) is 41.2 Å². The zero-order valence-electron chi connectivity index (χ0n) is 19.2. The number of fused-ring (bicyclic) bond motifs is 1. The van der Waals surface area contributed by atoms with Crippen LogP contribution in [-0.4, -0.2) is 57.6 Å². The van der Waals surface area contributed by atoms with Crippen molar-refractivity contribution in [2.75, 3.05) is 19.7 Å². The number of carbonyl (C=O) groups excluding carboxylic acids is 1. The summed E-state index contributed by atoms with van der Waals surface area (Å²) in [5.41, 5.74) is -0.181. The Bertz CT molecular complexity index is 1040. The molecule has 3 atom stereocenters. The van der Waals surface area contributed by atoms with E-state index in [1.807, 2.05) is 18.2 Å². The molecule has 1 saturated carbocycles. The van der Waals surface area contributed by atoms with Gasteiger partial charge in [-0.25, -0.2) is 9.59 Å². The number of carbonyl (C=O) groups is 2. The maximum atomic E-state index is 12.9. The highest BCUT2D eigenvalue weighted by Crippen LogP contribution is 2.52. The van der Waals surface area contributed by atoms with Gasteiger partial charge in [0.15, 0.2) is 5.69 Å². The van der Waals surface area contributed by atoms with Crippen LogP contribution in [0.3, 0.4) is 0 Å². The highest BCUT2D eigenvalue weighted by molar-refractivity contribution is 6.33. The second-order valence-corrected chi connectivity index (χ2v) is 9.86. The van der Waals surface area contributed by atoms with Crippen molar-refractivity contribution in [3.8, 4) is 11.5 Å².